The number of hydrogen-bond donors (Lipinski definition) is 3. The van der Waals surface area contributed by atoms with Gasteiger partial charge in [0.1, 0.15) is 6.61 Å². The highest BCUT2D eigenvalue weighted by Gasteiger charge is 2.22. The Morgan fingerprint density at radius 1 is 0.732 bits per heavy atom. The van der Waals surface area contributed by atoms with Crippen molar-refractivity contribution in [3.63, 3.8) is 0 Å². The second-order valence-electron chi connectivity index (χ2n) is 9.90. The molecule has 0 rings (SSSR count). The molecule has 0 saturated heterocycles. The molecule has 0 aromatic heterocycles. The molecule has 0 bridgehead atoms. The van der Waals surface area contributed by atoms with E-state index in [9.17, 15) is 19.3 Å². The van der Waals surface area contributed by atoms with E-state index in [1.54, 1.807) is 0 Å². The van der Waals surface area contributed by atoms with Gasteiger partial charge in [-0.05, 0) is 44.9 Å². The Labute approximate surface area is 247 Å². The summed E-state index contributed by atoms with van der Waals surface area (Å²) in [5.74, 6) is -0.995. The fourth-order valence-electron chi connectivity index (χ4n) is 3.62. The number of aliphatic hydroxyl groups is 1. The number of ether oxygens (including phenoxy) is 2. The quantitative estimate of drug-likeness (QED) is 0.0413. The summed E-state index contributed by atoms with van der Waals surface area (Å²) in [6, 6.07) is 0. The highest BCUT2D eigenvalue weighted by Crippen LogP contribution is 2.35. The molecule has 0 aliphatic heterocycles. The Balaban J connectivity index is 4.17. The molecule has 0 fully saturated rings. The van der Waals surface area contributed by atoms with Crippen molar-refractivity contribution in [1.82, 2.24) is 0 Å². The van der Waals surface area contributed by atoms with Crippen molar-refractivity contribution in [1.29, 1.82) is 0 Å². The van der Waals surface area contributed by atoms with Crippen LogP contribution in [0.4, 0.5) is 0 Å². The van der Waals surface area contributed by atoms with Crippen LogP contribution in [-0.4, -0.2) is 52.3 Å². The average Bonchev–Trinajstić information content (AvgIpc) is 2.92. The number of carbonyl (C=O) groups excluding carboxylic acids is 2. The van der Waals surface area contributed by atoms with Gasteiger partial charge in [-0.25, -0.2) is 4.57 Å². The zero-order valence-corrected chi connectivity index (χ0v) is 25.9. The van der Waals surface area contributed by atoms with E-state index >= 15 is 0 Å². The van der Waals surface area contributed by atoms with E-state index in [1.807, 2.05) is 24.3 Å². The second kappa shape index (κ2) is 26.8. The first-order valence-electron chi connectivity index (χ1n) is 15.0. The van der Waals surface area contributed by atoms with Gasteiger partial charge in [-0.1, -0.05) is 101 Å². The van der Waals surface area contributed by atoms with Gasteiger partial charge in [0, 0.05) is 12.8 Å². The number of carbonyl (C=O) groups is 2. The lowest BCUT2D eigenvalue weighted by atomic mass is 10.1. The Kier molecular flexibility index (Phi) is 25.5. The zero-order valence-electron chi connectivity index (χ0n) is 25.0. The molecule has 0 saturated carbocycles. The van der Waals surface area contributed by atoms with Crippen molar-refractivity contribution in [3.05, 3.63) is 48.6 Å². The van der Waals surface area contributed by atoms with Gasteiger partial charge in [0.25, 0.3) is 0 Å². The molecule has 41 heavy (non-hydrogen) atoms. The molecule has 0 aliphatic rings. The van der Waals surface area contributed by atoms with Crippen molar-refractivity contribution in [2.45, 2.75) is 122 Å². The largest absolute Gasteiger partial charge is 0.469 e. The maximum Gasteiger partial charge on any atom is 0.469 e. The summed E-state index contributed by atoms with van der Waals surface area (Å²) in [4.78, 5) is 42.0. The molecule has 236 valence electrons. The molecule has 0 unspecified atom stereocenters. The van der Waals surface area contributed by atoms with Crippen LogP contribution in [0.1, 0.15) is 110 Å². The van der Waals surface area contributed by atoms with Crippen LogP contribution in [0.2, 0.25) is 0 Å². The lowest BCUT2D eigenvalue weighted by Gasteiger charge is -2.18. The molecule has 0 aromatic rings. The molecule has 0 amide bonds. The van der Waals surface area contributed by atoms with Crippen LogP contribution >= 0.6 is 7.82 Å². The normalized spacial score (nSPS) is 14.0. The Morgan fingerprint density at radius 2 is 1.32 bits per heavy atom. The van der Waals surface area contributed by atoms with Gasteiger partial charge in [-0.2, -0.15) is 0 Å². The molecule has 3 N–H and O–H groups in total. The zero-order chi connectivity index (χ0) is 30.6. The standard InChI is InChI=1S/C31H53O9P/c1-3-5-7-16-20-24-30(33)38-26-29(27-39-41(35,36)37)40-31(34)25-21-18-15-13-11-9-8-10-12-14-17-19-23-28(32)22-6-4-2/h8-9,12-15,19,23,28-29,32H,3-7,10-11,16-18,20-22,24-27H2,1-2H3,(H2,35,36,37)/b9-8-,14-12-,15-13-,23-19-/t28-,29-/m1/s1. The predicted octanol–water partition coefficient (Wildman–Crippen LogP) is 7.03. The second-order valence-corrected chi connectivity index (χ2v) is 11.1. The van der Waals surface area contributed by atoms with Crippen LogP contribution in [0.25, 0.3) is 0 Å². The molecule has 0 aromatic carbocycles. The molecular formula is C31H53O9P. The third-order valence-electron chi connectivity index (χ3n) is 5.92. The number of rotatable bonds is 26. The van der Waals surface area contributed by atoms with Gasteiger partial charge >= 0.3 is 19.8 Å². The number of hydrogen-bond acceptors (Lipinski definition) is 7. The van der Waals surface area contributed by atoms with Crippen LogP contribution in [0.5, 0.6) is 0 Å². The van der Waals surface area contributed by atoms with E-state index < -0.39 is 32.5 Å². The summed E-state index contributed by atoms with van der Waals surface area (Å²) in [6.45, 7) is 3.33. The first-order chi connectivity index (χ1) is 19.7. The average molecular weight is 601 g/mol. The first kappa shape index (κ1) is 39.0. The van der Waals surface area contributed by atoms with Crippen molar-refractivity contribution in [2.24, 2.45) is 0 Å². The van der Waals surface area contributed by atoms with E-state index in [0.29, 0.717) is 19.3 Å². The highest BCUT2D eigenvalue weighted by molar-refractivity contribution is 7.46. The fraction of sp³-hybridized carbons (Fsp3) is 0.677. The Morgan fingerprint density at radius 3 is 1.95 bits per heavy atom. The summed E-state index contributed by atoms with van der Waals surface area (Å²) in [5.41, 5.74) is 0. The summed E-state index contributed by atoms with van der Waals surface area (Å²) < 4.78 is 25.9. The third kappa shape index (κ3) is 29.3. The molecule has 0 heterocycles. The van der Waals surface area contributed by atoms with E-state index in [4.69, 9.17) is 19.3 Å². The Hall–Kier alpha value is -2.03. The van der Waals surface area contributed by atoms with Gasteiger partial charge in [0.15, 0.2) is 6.10 Å². The maximum absolute atomic E-state index is 12.2. The third-order valence-corrected chi connectivity index (χ3v) is 6.41. The maximum atomic E-state index is 12.2. The van der Waals surface area contributed by atoms with E-state index in [1.165, 1.54) is 0 Å². The lowest BCUT2D eigenvalue weighted by Crippen LogP contribution is -2.29. The fourth-order valence-corrected chi connectivity index (χ4v) is 3.98. The molecule has 2 atom stereocenters. The monoisotopic (exact) mass is 600 g/mol. The van der Waals surface area contributed by atoms with Gasteiger partial charge < -0.3 is 24.4 Å². The van der Waals surface area contributed by atoms with Gasteiger partial charge in [-0.15, -0.1) is 0 Å². The first-order valence-corrected chi connectivity index (χ1v) is 16.6. The van der Waals surface area contributed by atoms with Gasteiger partial charge in [0.05, 0.1) is 12.7 Å². The van der Waals surface area contributed by atoms with Crippen molar-refractivity contribution in [2.75, 3.05) is 13.2 Å². The van der Waals surface area contributed by atoms with Crippen molar-refractivity contribution < 1.29 is 43.0 Å². The van der Waals surface area contributed by atoms with E-state index in [2.05, 4.69) is 42.7 Å². The number of esters is 2. The number of phosphoric acid groups is 1. The molecule has 9 nitrogen and oxygen atoms in total. The summed E-state index contributed by atoms with van der Waals surface area (Å²) >= 11 is 0. The minimum Gasteiger partial charge on any atom is -0.462 e. The van der Waals surface area contributed by atoms with Crippen molar-refractivity contribution >= 4 is 19.8 Å². The molecule has 10 heteroatoms. The highest BCUT2D eigenvalue weighted by atomic mass is 31.2. The number of aliphatic hydroxyl groups excluding tert-OH is 1. The van der Waals surface area contributed by atoms with Crippen LogP contribution in [0, 0.1) is 0 Å². The predicted molar refractivity (Wildman–Crippen MR) is 162 cm³/mol. The van der Waals surface area contributed by atoms with E-state index in [0.717, 1.165) is 64.2 Å². The van der Waals surface area contributed by atoms with Gasteiger partial charge in [0.2, 0.25) is 0 Å². The minimum absolute atomic E-state index is 0.118. The number of allylic oxidation sites excluding steroid dienone is 7. The lowest BCUT2D eigenvalue weighted by molar-refractivity contribution is -0.161. The molecule has 0 radical (unpaired) electrons. The smallest absolute Gasteiger partial charge is 0.462 e. The van der Waals surface area contributed by atoms with Crippen LogP contribution in [0.15, 0.2) is 48.6 Å². The van der Waals surface area contributed by atoms with Crippen molar-refractivity contribution in [3.8, 4) is 0 Å². The number of phosphoric ester groups is 1. The van der Waals surface area contributed by atoms with Crippen LogP contribution in [0.3, 0.4) is 0 Å². The van der Waals surface area contributed by atoms with E-state index in [-0.39, 0.29) is 25.6 Å². The van der Waals surface area contributed by atoms with Crippen LogP contribution in [-0.2, 0) is 28.2 Å². The van der Waals surface area contributed by atoms with Crippen LogP contribution < -0.4 is 0 Å². The topological polar surface area (TPSA) is 140 Å². The molecule has 0 aliphatic carbocycles. The summed E-state index contributed by atoms with van der Waals surface area (Å²) in [5, 5.41) is 9.74. The Bertz CT molecular complexity index is 829. The number of unbranched alkanes of at least 4 members (excludes halogenated alkanes) is 6. The summed E-state index contributed by atoms with van der Waals surface area (Å²) in [7, 11) is -4.76. The summed E-state index contributed by atoms with van der Waals surface area (Å²) in [6.07, 6.45) is 26.6. The SMILES string of the molecule is CCCCCCCC(=O)OC[C@H](COP(=O)(O)O)OC(=O)CCC/C=C\C/C=C\C/C=C\C/C=C\[C@H](O)CCCC. The molecule has 0 spiro atoms. The van der Waals surface area contributed by atoms with Gasteiger partial charge in [-0.3, -0.25) is 14.1 Å². The molecular weight excluding hydrogens is 547 g/mol. The minimum atomic E-state index is -4.76.